The maximum absolute atomic E-state index is 11.0. The summed E-state index contributed by atoms with van der Waals surface area (Å²) in [7, 11) is 0. The van der Waals surface area contributed by atoms with Crippen LogP contribution in [-0.4, -0.2) is 26.4 Å². The molecule has 13 heavy (non-hydrogen) atoms. The summed E-state index contributed by atoms with van der Waals surface area (Å²) in [5, 5.41) is 17.7. The number of nitrogens with zero attached hydrogens (tertiary/aromatic N) is 1. The molecule has 0 saturated heterocycles. The lowest BCUT2D eigenvalue weighted by Gasteiger charge is -2.04. The molecule has 6 nitrogen and oxygen atoms in total. The zero-order valence-electron chi connectivity index (χ0n) is 6.86. The minimum absolute atomic E-state index is 0.0784. The van der Waals surface area contributed by atoms with Gasteiger partial charge in [0.25, 0.3) is 5.56 Å². The normalized spacial score (nSPS) is 10.2. The van der Waals surface area contributed by atoms with Crippen LogP contribution in [0.1, 0.15) is 6.42 Å². The molecular weight excluding hydrogens is 176 g/mol. The van der Waals surface area contributed by atoms with Crippen LogP contribution in [0.4, 0.5) is 0 Å². The fourth-order valence-electron chi connectivity index (χ4n) is 0.953. The number of H-pyrrole nitrogens is 1. The lowest BCUT2D eigenvalue weighted by atomic mass is 10.4. The molecule has 0 saturated carbocycles. The molecule has 1 aromatic rings. The molecule has 0 aromatic carbocycles. The Morgan fingerprint density at radius 2 is 2.15 bits per heavy atom. The van der Waals surface area contributed by atoms with Crippen molar-refractivity contribution < 1.29 is 10.2 Å². The quantitative estimate of drug-likeness (QED) is 0.542. The predicted octanol–water partition coefficient (Wildman–Crippen LogP) is -1.38. The highest BCUT2D eigenvalue weighted by atomic mass is 16.3. The minimum atomic E-state index is -0.668. The van der Waals surface area contributed by atoms with Gasteiger partial charge < -0.3 is 10.2 Å². The molecule has 0 bridgehead atoms. The Labute approximate surface area is 73.1 Å². The Bertz CT molecular complexity index is 392. The molecule has 72 valence electrons. The van der Waals surface area contributed by atoms with Crippen molar-refractivity contribution in [3.63, 3.8) is 0 Å². The standard InChI is InChI=1S/C7H10N2O4/c10-3-1-2-9-6(12)4-5(11)8-7(9)13/h4,10,12H,1-3H2,(H,8,11,13). The van der Waals surface area contributed by atoms with Crippen molar-refractivity contribution in [3.05, 3.63) is 26.9 Å². The molecule has 3 N–H and O–H groups in total. The van der Waals surface area contributed by atoms with Gasteiger partial charge >= 0.3 is 5.69 Å². The summed E-state index contributed by atoms with van der Waals surface area (Å²) in [5.41, 5.74) is -1.30. The molecule has 0 radical (unpaired) electrons. The zero-order chi connectivity index (χ0) is 9.84. The molecule has 1 heterocycles. The Hall–Kier alpha value is -1.56. The first kappa shape index (κ1) is 9.53. The molecule has 1 rings (SSSR count). The number of hydrogen-bond donors (Lipinski definition) is 3. The molecule has 0 amide bonds. The maximum atomic E-state index is 11.0. The SMILES string of the molecule is O=c1cc(O)n(CCCO)c(=O)[nH]1. The lowest BCUT2D eigenvalue weighted by molar-refractivity contribution is 0.273. The molecule has 6 heteroatoms. The van der Waals surface area contributed by atoms with Crippen LogP contribution in [-0.2, 0) is 6.54 Å². The van der Waals surface area contributed by atoms with Crippen molar-refractivity contribution in [2.45, 2.75) is 13.0 Å². The fourth-order valence-corrected chi connectivity index (χ4v) is 0.953. The number of hydrogen-bond acceptors (Lipinski definition) is 4. The first-order chi connectivity index (χ1) is 6.15. The van der Waals surface area contributed by atoms with E-state index in [4.69, 9.17) is 10.2 Å². The average molecular weight is 186 g/mol. The van der Waals surface area contributed by atoms with Gasteiger partial charge in [0.1, 0.15) is 0 Å². The first-order valence-corrected chi connectivity index (χ1v) is 3.79. The fraction of sp³-hybridized carbons (Fsp3) is 0.429. The Morgan fingerprint density at radius 3 is 2.69 bits per heavy atom. The Morgan fingerprint density at radius 1 is 1.46 bits per heavy atom. The number of aliphatic hydroxyl groups is 1. The van der Waals surface area contributed by atoms with Crippen molar-refractivity contribution in [2.24, 2.45) is 0 Å². The van der Waals surface area contributed by atoms with Crippen LogP contribution in [0.25, 0.3) is 0 Å². The maximum Gasteiger partial charge on any atom is 0.331 e. The number of aliphatic hydroxyl groups excluding tert-OH is 1. The summed E-state index contributed by atoms with van der Waals surface area (Å²) in [6.45, 7) is 0.100. The van der Waals surface area contributed by atoms with Gasteiger partial charge in [-0.05, 0) is 6.42 Å². The van der Waals surface area contributed by atoms with Crippen LogP contribution in [0, 0.1) is 0 Å². The molecular formula is C7H10N2O4. The van der Waals surface area contributed by atoms with Crippen LogP contribution in [0.5, 0.6) is 5.88 Å². The van der Waals surface area contributed by atoms with E-state index in [2.05, 4.69) is 0 Å². The van der Waals surface area contributed by atoms with E-state index < -0.39 is 11.2 Å². The smallest absolute Gasteiger partial charge is 0.331 e. The van der Waals surface area contributed by atoms with Gasteiger partial charge in [-0.15, -0.1) is 0 Å². The van der Waals surface area contributed by atoms with Crippen molar-refractivity contribution >= 4 is 0 Å². The number of rotatable bonds is 3. The van der Waals surface area contributed by atoms with Gasteiger partial charge in [-0.25, -0.2) is 4.79 Å². The predicted molar refractivity (Wildman–Crippen MR) is 44.7 cm³/mol. The molecule has 0 aliphatic rings. The highest BCUT2D eigenvalue weighted by Gasteiger charge is 2.02. The van der Waals surface area contributed by atoms with Crippen LogP contribution >= 0.6 is 0 Å². The molecule has 1 aromatic heterocycles. The van der Waals surface area contributed by atoms with Crippen LogP contribution in [0.15, 0.2) is 15.7 Å². The third-order valence-electron chi connectivity index (χ3n) is 1.55. The van der Waals surface area contributed by atoms with E-state index in [1.54, 1.807) is 0 Å². The van der Waals surface area contributed by atoms with Crippen molar-refractivity contribution in [3.8, 4) is 5.88 Å². The molecule has 0 fully saturated rings. The summed E-state index contributed by atoms with van der Waals surface area (Å²) >= 11 is 0. The third-order valence-corrected chi connectivity index (χ3v) is 1.55. The summed E-state index contributed by atoms with van der Waals surface area (Å²) in [6, 6.07) is 0.915. The highest BCUT2D eigenvalue weighted by molar-refractivity contribution is 5.05. The molecule has 0 spiro atoms. The van der Waals surface area contributed by atoms with Crippen molar-refractivity contribution in [2.75, 3.05) is 6.61 Å². The Kier molecular flexibility index (Phi) is 2.86. The first-order valence-electron chi connectivity index (χ1n) is 3.79. The van der Waals surface area contributed by atoms with Crippen LogP contribution in [0.3, 0.4) is 0 Å². The van der Waals surface area contributed by atoms with E-state index >= 15 is 0 Å². The topological polar surface area (TPSA) is 95.3 Å². The largest absolute Gasteiger partial charge is 0.494 e. The van der Waals surface area contributed by atoms with Gasteiger partial charge in [0.15, 0.2) is 0 Å². The molecule has 0 aliphatic carbocycles. The Balaban J connectivity index is 3.07. The molecule has 0 aliphatic heterocycles. The monoisotopic (exact) mass is 186 g/mol. The minimum Gasteiger partial charge on any atom is -0.494 e. The van der Waals surface area contributed by atoms with E-state index in [0.29, 0.717) is 6.42 Å². The van der Waals surface area contributed by atoms with E-state index in [1.165, 1.54) is 0 Å². The van der Waals surface area contributed by atoms with Gasteiger partial charge in [0.05, 0.1) is 6.07 Å². The molecule has 0 atom stereocenters. The second-order valence-corrected chi connectivity index (χ2v) is 2.53. The highest BCUT2D eigenvalue weighted by Crippen LogP contribution is 2.00. The van der Waals surface area contributed by atoms with E-state index in [0.717, 1.165) is 10.6 Å². The van der Waals surface area contributed by atoms with Crippen molar-refractivity contribution in [1.29, 1.82) is 0 Å². The van der Waals surface area contributed by atoms with Gasteiger partial charge in [0.2, 0.25) is 5.88 Å². The van der Waals surface area contributed by atoms with Gasteiger partial charge in [-0.2, -0.15) is 0 Å². The number of aromatic hydroxyl groups is 1. The summed E-state index contributed by atoms with van der Waals surface area (Å²) < 4.78 is 0.984. The second kappa shape index (κ2) is 3.90. The number of aromatic nitrogens is 2. The van der Waals surface area contributed by atoms with Gasteiger partial charge in [-0.3, -0.25) is 14.3 Å². The van der Waals surface area contributed by atoms with Gasteiger partial charge in [0, 0.05) is 13.2 Å². The second-order valence-electron chi connectivity index (χ2n) is 2.53. The number of aromatic amines is 1. The van der Waals surface area contributed by atoms with Crippen LogP contribution in [0.2, 0.25) is 0 Å². The number of nitrogens with one attached hydrogen (secondary N) is 1. The van der Waals surface area contributed by atoms with Gasteiger partial charge in [-0.1, -0.05) is 0 Å². The summed E-state index contributed by atoms with van der Waals surface area (Å²) in [4.78, 5) is 23.7. The van der Waals surface area contributed by atoms with E-state index in [-0.39, 0.29) is 19.0 Å². The lowest BCUT2D eigenvalue weighted by Crippen LogP contribution is -2.29. The zero-order valence-corrected chi connectivity index (χ0v) is 6.86. The molecule has 0 unspecified atom stereocenters. The van der Waals surface area contributed by atoms with Crippen LogP contribution < -0.4 is 11.2 Å². The van der Waals surface area contributed by atoms with E-state index in [1.807, 2.05) is 4.98 Å². The summed E-state index contributed by atoms with van der Waals surface area (Å²) in [6.07, 6.45) is 0.347. The average Bonchev–Trinajstić information content (AvgIpc) is 2.02. The van der Waals surface area contributed by atoms with Crippen molar-refractivity contribution in [1.82, 2.24) is 9.55 Å². The summed E-state index contributed by atoms with van der Waals surface area (Å²) in [5.74, 6) is -0.387. The third kappa shape index (κ3) is 2.19. The van der Waals surface area contributed by atoms with E-state index in [9.17, 15) is 9.59 Å².